The fraction of sp³-hybridized carbons (Fsp3) is 0.378. The fourth-order valence-electron chi connectivity index (χ4n) is 5.32. The van der Waals surface area contributed by atoms with Crippen LogP contribution in [-0.2, 0) is 32.8 Å². The second-order valence-electron chi connectivity index (χ2n) is 13.6. The Kier molecular flexibility index (Phi) is 12.8. The summed E-state index contributed by atoms with van der Waals surface area (Å²) in [5, 5.41) is 6.25. The summed E-state index contributed by atoms with van der Waals surface area (Å²) in [5.74, 6) is 4.89. The third-order valence-corrected chi connectivity index (χ3v) is 7.48. The summed E-state index contributed by atoms with van der Waals surface area (Å²) in [6, 6.07) is 12.0. The van der Waals surface area contributed by atoms with E-state index < -0.39 is 23.3 Å². The number of aromatic nitrogens is 1. The van der Waals surface area contributed by atoms with Crippen molar-refractivity contribution in [3.63, 3.8) is 0 Å². The fourth-order valence-corrected chi connectivity index (χ4v) is 5.32. The van der Waals surface area contributed by atoms with Crippen LogP contribution in [0.4, 0.5) is 10.2 Å². The SMILES string of the molecule is CNC(=O)C(C=C(N)c1cccc(Cc2c(F)cc(C(C)(C)C)cc2/C=N\N)c1COC(C)=O)=Nc1ccc(OC(C)(C)CN(C)C)cn1. The van der Waals surface area contributed by atoms with Crippen LogP contribution in [0, 0.1) is 5.82 Å². The first kappa shape index (κ1) is 38.3. The van der Waals surface area contributed by atoms with Crippen LogP contribution >= 0.6 is 0 Å². The highest BCUT2D eigenvalue weighted by Gasteiger charge is 2.23. The average Bonchev–Trinajstić information content (AvgIpc) is 3.00. The lowest BCUT2D eigenvalue weighted by atomic mass is 9.84. The lowest BCUT2D eigenvalue weighted by Crippen LogP contribution is -2.39. The van der Waals surface area contributed by atoms with Gasteiger partial charge in [0, 0.05) is 54.9 Å². The number of hydrazone groups is 1. The average molecular weight is 674 g/mol. The molecule has 1 heterocycles. The van der Waals surface area contributed by atoms with Gasteiger partial charge in [-0.15, -0.1) is 0 Å². The van der Waals surface area contributed by atoms with Gasteiger partial charge >= 0.3 is 5.97 Å². The highest BCUT2D eigenvalue weighted by molar-refractivity contribution is 6.44. The number of hydrogen-bond donors (Lipinski definition) is 3. The summed E-state index contributed by atoms with van der Waals surface area (Å²) in [6.45, 7) is 11.8. The van der Waals surface area contributed by atoms with Gasteiger partial charge in [-0.05, 0) is 74.8 Å². The molecule has 0 radical (unpaired) electrons. The first-order valence-corrected chi connectivity index (χ1v) is 15.8. The number of carbonyl (C=O) groups excluding carboxylic acids is 2. The molecule has 0 saturated heterocycles. The Morgan fingerprint density at radius 1 is 1.08 bits per heavy atom. The summed E-state index contributed by atoms with van der Waals surface area (Å²) < 4.78 is 27.2. The molecule has 49 heavy (non-hydrogen) atoms. The van der Waals surface area contributed by atoms with Gasteiger partial charge < -0.3 is 31.3 Å². The molecule has 1 aromatic heterocycles. The lowest BCUT2D eigenvalue weighted by molar-refractivity contribution is -0.142. The Morgan fingerprint density at radius 2 is 1.80 bits per heavy atom. The molecule has 12 heteroatoms. The summed E-state index contributed by atoms with van der Waals surface area (Å²) in [5.41, 5.74) is 9.36. The van der Waals surface area contributed by atoms with E-state index in [0.717, 1.165) is 5.56 Å². The molecule has 11 nitrogen and oxygen atoms in total. The van der Waals surface area contributed by atoms with E-state index in [1.807, 2.05) is 59.7 Å². The molecule has 0 atom stereocenters. The third kappa shape index (κ3) is 11.0. The van der Waals surface area contributed by atoms with Crippen molar-refractivity contribution in [1.82, 2.24) is 15.2 Å². The number of nitrogens with one attached hydrogen (secondary N) is 1. The summed E-state index contributed by atoms with van der Waals surface area (Å²) in [7, 11) is 5.42. The molecule has 3 rings (SSSR count). The summed E-state index contributed by atoms with van der Waals surface area (Å²) in [4.78, 5) is 35.7. The molecule has 0 aliphatic carbocycles. The van der Waals surface area contributed by atoms with Crippen molar-refractivity contribution in [2.75, 3.05) is 27.7 Å². The van der Waals surface area contributed by atoms with Crippen LogP contribution in [0.5, 0.6) is 5.75 Å². The lowest BCUT2D eigenvalue weighted by Gasteiger charge is -2.29. The zero-order valence-corrected chi connectivity index (χ0v) is 29.8. The van der Waals surface area contributed by atoms with E-state index in [-0.39, 0.29) is 35.7 Å². The molecule has 0 bridgehead atoms. The quantitative estimate of drug-likeness (QED) is 0.0990. The number of amides is 1. The number of pyridine rings is 1. The maximum absolute atomic E-state index is 15.7. The van der Waals surface area contributed by atoms with Crippen molar-refractivity contribution in [3.8, 4) is 5.75 Å². The summed E-state index contributed by atoms with van der Waals surface area (Å²) >= 11 is 0. The molecule has 0 unspecified atom stereocenters. The normalized spacial score (nSPS) is 12.8. The topological polar surface area (TPSA) is 158 Å². The number of hydrogen-bond acceptors (Lipinski definition) is 10. The first-order valence-electron chi connectivity index (χ1n) is 15.8. The molecule has 262 valence electrons. The van der Waals surface area contributed by atoms with Gasteiger partial charge in [-0.3, -0.25) is 9.59 Å². The van der Waals surface area contributed by atoms with Gasteiger partial charge in [-0.25, -0.2) is 14.4 Å². The van der Waals surface area contributed by atoms with Crippen LogP contribution in [0.3, 0.4) is 0 Å². The van der Waals surface area contributed by atoms with Crippen LogP contribution in [-0.4, -0.2) is 67.0 Å². The molecule has 1 amide bonds. The molecule has 0 aliphatic heterocycles. The van der Waals surface area contributed by atoms with E-state index in [2.05, 4.69) is 20.4 Å². The largest absolute Gasteiger partial charge is 0.485 e. The van der Waals surface area contributed by atoms with Crippen molar-refractivity contribution in [1.29, 1.82) is 0 Å². The van der Waals surface area contributed by atoms with Gasteiger partial charge in [0.15, 0.2) is 5.82 Å². The van der Waals surface area contributed by atoms with Gasteiger partial charge in [-0.2, -0.15) is 5.10 Å². The second kappa shape index (κ2) is 16.3. The third-order valence-electron chi connectivity index (χ3n) is 7.48. The zero-order chi connectivity index (χ0) is 36.5. The van der Waals surface area contributed by atoms with Crippen molar-refractivity contribution in [2.45, 2.75) is 65.6 Å². The molecule has 0 fully saturated rings. The maximum atomic E-state index is 15.7. The van der Waals surface area contributed by atoms with E-state index >= 15 is 4.39 Å². The summed E-state index contributed by atoms with van der Waals surface area (Å²) in [6.07, 6.45) is 4.51. The number of ether oxygens (including phenoxy) is 2. The molecule has 0 spiro atoms. The smallest absolute Gasteiger partial charge is 0.302 e. The number of halogens is 1. The van der Waals surface area contributed by atoms with Gasteiger partial charge in [0.25, 0.3) is 5.91 Å². The predicted octanol–water partition coefficient (Wildman–Crippen LogP) is 5.00. The molecule has 0 aliphatic rings. The molecule has 3 aromatic rings. The van der Waals surface area contributed by atoms with Gasteiger partial charge in [0.2, 0.25) is 0 Å². The Bertz CT molecular complexity index is 1740. The molecular formula is C37H48FN7O4. The van der Waals surface area contributed by atoms with Crippen LogP contribution in [0.1, 0.15) is 74.9 Å². The van der Waals surface area contributed by atoms with Crippen molar-refractivity contribution in [2.24, 2.45) is 21.7 Å². The van der Waals surface area contributed by atoms with Crippen molar-refractivity contribution in [3.05, 3.63) is 93.9 Å². The van der Waals surface area contributed by atoms with Crippen LogP contribution in [0.2, 0.25) is 0 Å². The van der Waals surface area contributed by atoms with Crippen LogP contribution in [0.25, 0.3) is 5.70 Å². The molecule has 5 N–H and O–H groups in total. The van der Waals surface area contributed by atoms with E-state index in [4.69, 9.17) is 21.1 Å². The standard InChI is InChI=1S/C37H48FN7O4/c1-23(46)48-21-30-24(16-29-25(19-43-40)15-26(17-31(29)38)36(2,3)4)11-10-12-28(30)32(39)18-33(35(47)41-7)44-34-14-13-27(20-42-34)49-37(5,6)22-45(8)9/h10-15,17-20H,16,21-22,39-40H2,1-9H3,(H,41,47)/b32-18?,43-19-,44-33?. The number of benzene rings is 2. The highest BCUT2D eigenvalue weighted by Crippen LogP contribution is 2.30. The number of esters is 1. The number of aliphatic imine (C=N–C) groups is 1. The van der Waals surface area contributed by atoms with E-state index in [1.165, 1.54) is 32.3 Å². The van der Waals surface area contributed by atoms with Crippen molar-refractivity contribution < 1.29 is 23.5 Å². The Morgan fingerprint density at radius 3 is 2.37 bits per heavy atom. The molecule has 2 aromatic carbocycles. The minimum absolute atomic E-state index is 0.0109. The van der Waals surface area contributed by atoms with Crippen LogP contribution in [0.15, 0.2) is 64.8 Å². The maximum Gasteiger partial charge on any atom is 0.302 e. The molecule has 0 saturated carbocycles. The minimum Gasteiger partial charge on any atom is -0.485 e. The Balaban J connectivity index is 2.08. The van der Waals surface area contributed by atoms with Gasteiger partial charge in [-0.1, -0.05) is 39.0 Å². The van der Waals surface area contributed by atoms with E-state index in [9.17, 15) is 9.59 Å². The number of nitrogens with zero attached hydrogens (tertiary/aromatic N) is 4. The number of carbonyl (C=O) groups is 2. The Hall–Kier alpha value is -5.10. The zero-order valence-electron chi connectivity index (χ0n) is 29.8. The second-order valence-corrected chi connectivity index (χ2v) is 13.6. The highest BCUT2D eigenvalue weighted by atomic mass is 19.1. The molecular weight excluding hydrogens is 625 g/mol. The number of likely N-dealkylation sites (N-methyl/N-ethyl adjacent to an activating group) is 1. The monoisotopic (exact) mass is 673 g/mol. The predicted molar refractivity (Wildman–Crippen MR) is 192 cm³/mol. The van der Waals surface area contributed by atoms with Crippen molar-refractivity contribution >= 4 is 35.3 Å². The number of rotatable bonds is 13. The number of nitrogens with two attached hydrogens (primary N) is 2. The minimum atomic E-state index is -0.504. The van der Waals surface area contributed by atoms with Gasteiger partial charge in [0.1, 0.15) is 29.5 Å². The van der Waals surface area contributed by atoms with E-state index in [1.54, 1.807) is 36.5 Å². The Labute approximate surface area is 288 Å². The van der Waals surface area contributed by atoms with Gasteiger partial charge in [0.05, 0.1) is 12.4 Å². The van der Waals surface area contributed by atoms with E-state index in [0.29, 0.717) is 40.1 Å². The van der Waals surface area contributed by atoms with Crippen LogP contribution < -0.4 is 21.6 Å². The first-order chi connectivity index (χ1) is 22.9.